The molecular weight excluding hydrogens is 452 g/mol. The molecule has 164 valence electrons. The second kappa shape index (κ2) is 8.28. The molecular formula is C26H21ClN4OS. The quantitative estimate of drug-likeness (QED) is 0.281. The van der Waals surface area contributed by atoms with Gasteiger partial charge in [-0.15, -0.1) is 11.3 Å². The summed E-state index contributed by atoms with van der Waals surface area (Å²) in [6, 6.07) is 20.1. The Labute approximate surface area is 200 Å². The molecule has 2 atom stereocenters. The minimum Gasteiger partial charge on any atom is -0.508 e. The second-order valence-corrected chi connectivity index (χ2v) is 9.90. The number of aromatic hydroxyl groups is 1. The lowest BCUT2D eigenvalue weighted by molar-refractivity contribution is 0.474. The van der Waals surface area contributed by atoms with Crippen LogP contribution in [0.2, 0.25) is 5.15 Å². The van der Waals surface area contributed by atoms with Gasteiger partial charge in [-0.25, -0.2) is 15.0 Å². The molecule has 0 spiro atoms. The van der Waals surface area contributed by atoms with Crippen LogP contribution in [-0.2, 0) is 12.8 Å². The number of hydrogen-bond acceptors (Lipinski definition) is 5. The van der Waals surface area contributed by atoms with Crippen LogP contribution in [0.3, 0.4) is 0 Å². The maximum atomic E-state index is 10.2. The zero-order chi connectivity index (χ0) is 22.4. The first-order valence-corrected chi connectivity index (χ1v) is 12.2. The summed E-state index contributed by atoms with van der Waals surface area (Å²) in [6.45, 7) is 0. The van der Waals surface area contributed by atoms with Crippen LogP contribution in [-0.4, -0.2) is 25.0 Å². The van der Waals surface area contributed by atoms with E-state index in [1.54, 1.807) is 23.5 Å². The van der Waals surface area contributed by atoms with E-state index in [0.29, 0.717) is 40.6 Å². The number of thiazole rings is 1. The Morgan fingerprint density at radius 1 is 1.03 bits per heavy atom. The number of fused-ring (bicyclic) bond motifs is 1. The van der Waals surface area contributed by atoms with Crippen molar-refractivity contribution < 1.29 is 5.11 Å². The number of pyridine rings is 1. The molecule has 5 nitrogen and oxygen atoms in total. The second-order valence-electron chi connectivity index (χ2n) is 8.57. The maximum Gasteiger partial charge on any atom is 0.179 e. The van der Waals surface area contributed by atoms with Crippen molar-refractivity contribution in [3.63, 3.8) is 0 Å². The molecule has 0 bridgehead atoms. The van der Waals surface area contributed by atoms with Gasteiger partial charge in [0.05, 0.1) is 10.5 Å². The molecule has 2 N–H and O–H groups in total. The van der Waals surface area contributed by atoms with E-state index in [1.807, 2.05) is 17.5 Å². The molecule has 0 amide bonds. The fourth-order valence-corrected chi connectivity index (χ4v) is 5.48. The third kappa shape index (κ3) is 4.24. The minimum atomic E-state index is 0.297. The summed E-state index contributed by atoms with van der Waals surface area (Å²) < 4.78 is 0. The van der Waals surface area contributed by atoms with Crippen molar-refractivity contribution in [3.8, 4) is 17.3 Å². The Bertz CT molecular complexity index is 1450. The van der Waals surface area contributed by atoms with Crippen LogP contribution in [0.4, 0.5) is 0 Å². The van der Waals surface area contributed by atoms with Gasteiger partial charge in [0.2, 0.25) is 0 Å². The molecule has 1 aliphatic carbocycles. The average molecular weight is 473 g/mol. The molecule has 2 aromatic carbocycles. The Hall–Kier alpha value is -3.22. The number of aromatic nitrogens is 4. The van der Waals surface area contributed by atoms with E-state index in [0.717, 1.165) is 28.2 Å². The molecule has 1 saturated carbocycles. The summed E-state index contributed by atoms with van der Waals surface area (Å²) in [5.74, 6) is 2.17. The third-order valence-electron chi connectivity index (χ3n) is 6.24. The monoisotopic (exact) mass is 472 g/mol. The van der Waals surface area contributed by atoms with E-state index in [1.165, 1.54) is 17.5 Å². The predicted octanol–water partition coefficient (Wildman–Crippen LogP) is 6.38. The van der Waals surface area contributed by atoms with Crippen molar-refractivity contribution in [2.75, 3.05) is 0 Å². The van der Waals surface area contributed by atoms with Gasteiger partial charge in [0.25, 0.3) is 0 Å². The predicted molar refractivity (Wildman–Crippen MR) is 132 cm³/mol. The number of benzene rings is 2. The number of halogens is 1. The molecule has 0 saturated heterocycles. The van der Waals surface area contributed by atoms with Crippen LogP contribution >= 0.6 is 22.9 Å². The topological polar surface area (TPSA) is 74.7 Å². The fraction of sp³-hybridized carbons (Fsp3) is 0.192. The zero-order valence-corrected chi connectivity index (χ0v) is 19.3. The van der Waals surface area contributed by atoms with E-state index >= 15 is 0 Å². The summed E-state index contributed by atoms with van der Waals surface area (Å²) in [5.41, 5.74) is 6.07. The smallest absolute Gasteiger partial charge is 0.179 e. The number of phenolic OH excluding ortho intramolecular Hbond substituents is 1. The molecule has 33 heavy (non-hydrogen) atoms. The number of hydrogen-bond donors (Lipinski definition) is 2. The van der Waals surface area contributed by atoms with Crippen molar-refractivity contribution in [2.45, 2.75) is 25.2 Å². The largest absolute Gasteiger partial charge is 0.508 e. The summed E-state index contributed by atoms with van der Waals surface area (Å²) in [6.07, 6.45) is 2.97. The number of phenols is 1. The Balaban J connectivity index is 1.23. The first-order valence-electron chi connectivity index (χ1n) is 10.9. The number of H-pyrrole nitrogens is 1. The number of nitrogens with one attached hydrogen (secondary N) is 1. The Morgan fingerprint density at radius 3 is 2.79 bits per heavy atom. The minimum absolute atomic E-state index is 0.297. The molecule has 5 aromatic rings. The first kappa shape index (κ1) is 20.4. The SMILES string of the molecule is Oc1ccc(C2CC2Cc2ccccc2)c(Cc2nc(-c3nc4nc(Cl)ccc4[nH]3)cs2)c1. The van der Waals surface area contributed by atoms with Crippen LogP contribution in [0.1, 0.15) is 34.0 Å². The highest BCUT2D eigenvalue weighted by Gasteiger charge is 2.39. The van der Waals surface area contributed by atoms with Gasteiger partial charge in [0, 0.05) is 11.8 Å². The number of nitrogens with zero attached hydrogens (tertiary/aromatic N) is 3. The van der Waals surface area contributed by atoms with Crippen LogP contribution in [0.25, 0.3) is 22.7 Å². The van der Waals surface area contributed by atoms with Gasteiger partial charge in [0.15, 0.2) is 11.5 Å². The molecule has 1 aliphatic rings. The van der Waals surface area contributed by atoms with Crippen molar-refractivity contribution >= 4 is 34.1 Å². The highest BCUT2D eigenvalue weighted by Crippen LogP contribution is 2.51. The number of imidazole rings is 1. The lowest BCUT2D eigenvalue weighted by Crippen LogP contribution is -1.97. The zero-order valence-electron chi connectivity index (χ0n) is 17.7. The highest BCUT2D eigenvalue weighted by molar-refractivity contribution is 7.10. The summed E-state index contributed by atoms with van der Waals surface area (Å²) >= 11 is 7.59. The van der Waals surface area contributed by atoms with E-state index in [9.17, 15) is 5.11 Å². The molecule has 0 aliphatic heterocycles. The Morgan fingerprint density at radius 2 is 1.91 bits per heavy atom. The molecule has 3 heterocycles. The molecule has 6 rings (SSSR count). The van der Waals surface area contributed by atoms with E-state index in [-0.39, 0.29) is 0 Å². The average Bonchev–Trinajstić information content (AvgIpc) is 3.20. The molecule has 3 aromatic heterocycles. The Kier molecular flexibility index (Phi) is 5.12. The standard InChI is InChI=1S/C26H21ClN4OS/c27-23-9-8-21-25(30-23)31-26(29-21)22-14-33-24(28-22)13-17-11-18(32)6-7-19(17)20-12-16(20)10-15-4-2-1-3-5-15/h1-9,11,14,16,20,32H,10,12-13H2,(H,29,30,31). The fourth-order valence-electron chi connectivity index (χ4n) is 4.53. The molecule has 2 unspecified atom stereocenters. The lowest BCUT2D eigenvalue weighted by atomic mass is 9.97. The molecule has 0 radical (unpaired) electrons. The van der Waals surface area contributed by atoms with Gasteiger partial charge >= 0.3 is 0 Å². The van der Waals surface area contributed by atoms with Crippen LogP contribution in [0, 0.1) is 5.92 Å². The van der Waals surface area contributed by atoms with E-state index in [2.05, 4.69) is 51.4 Å². The van der Waals surface area contributed by atoms with Crippen molar-refractivity contribution in [1.82, 2.24) is 19.9 Å². The highest BCUT2D eigenvalue weighted by atomic mass is 35.5. The van der Waals surface area contributed by atoms with Crippen molar-refractivity contribution in [3.05, 3.63) is 92.9 Å². The van der Waals surface area contributed by atoms with Crippen LogP contribution < -0.4 is 0 Å². The van der Waals surface area contributed by atoms with E-state index < -0.39 is 0 Å². The van der Waals surface area contributed by atoms with Crippen molar-refractivity contribution in [1.29, 1.82) is 0 Å². The van der Waals surface area contributed by atoms with Gasteiger partial charge in [0.1, 0.15) is 16.6 Å². The van der Waals surface area contributed by atoms with E-state index in [4.69, 9.17) is 16.6 Å². The lowest BCUT2D eigenvalue weighted by Gasteiger charge is -2.09. The summed E-state index contributed by atoms with van der Waals surface area (Å²) in [7, 11) is 0. The van der Waals surface area contributed by atoms with Crippen LogP contribution in [0.5, 0.6) is 5.75 Å². The summed E-state index contributed by atoms with van der Waals surface area (Å²) in [5, 5.41) is 13.6. The number of rotatable bonds is 6. The normalized spacial score (nSPS) is 17.5. The van der Waals surface area contributed by atoms with Gasteiger partial charge < -0.3 is 10.1 Å². The van der Waals surface area contributed by atoms with Crippen molar-refractivity contribution in [2.24, 2.45) is 5.92 Å². The van der Waals surface area contributed by atoms with Crippen LogP contribution in [0.15, 0.2) is 66.0 Å². The van der Waals surface area contributed by atoms with Gasteiger partial charge in [-0.1, -0.05) is 48.0 Å². The molecule has 1 fully saturated rings. The number of aromatic amines is 1. The molecule has 7 heteroatoms. The van der Waals surface area contributed by atoms with Gasteiger partial charge in [-0.05, 0) is 65.6 Å². The third-order valence-corrected chi connectivity index (χ3v) is 7.30. The maximum absolute atomic E-state index is 10.2. The van der Waals surface area contributed by atoms with Gasteiger partial charge in [-0.3, -0.25) is 0 Å². The summed E-state index contributed by atoms with van der Waals surface area (Å²) in [4.78, 5) is 16.9. The first-order chi connectivity index (χ1) is 16.1. The van der Waals surface area contributed by atoms with Gasteiger partial charge in [-0.2, -0.15) is 0 Å².